The highest BCUT2D eigenvalue weighted by molar-refractivity contribution is 5.85. The van der Waals surface area contributed by atoms with Crippen LogP contribution in [0.3, 0.4) is 0 Å². The van der Waals surface area contributed by atoms with E-state index in [0.717, 1.165) is 33.3 Å². The number of para-hydroxylation sites is 1. The number of aromatic amines is 1. The Kier molecular flexibility index (Phi) is 4.21. The molecule has 5 aromatic rings. The van der Waals surface area contributed by atoms with Gasteiger partial charge in [-0.25, -0.2) is 14.6 Å². The fourth-order valence-electron chi connectivity index (χ4n) is 3.28. The SMILES string of the molecule is COc1cccc(-n2ncc3c(N=NCc4c[nH]c5ccccc45)ncnc32)c1. The van der Waals surface area contributed by atoms with Gasteiger partial charge in [0.05, 0.1) is 30.9 Å². The van der Waals surface area contributed by atoms with Crippen LogP contribution < -0.4 is 4.74 Å². The maximum atomic E-state index is 5.30. The molecule has 0 spiro atoms. The number of H-pyrrole nitrogens is 1. The lowest BCUT2D eigenvalue weighted by Crippen LogP contribution is -1.98. The first kappa shape index (κ1) is 17.1. The molecule has 0 fully saturated rings. The monoisotopic (exact) mass is 383 g/mol. The topological polar surface area (TPSA) is 93.3 Å². The lowest BCUT2D eigenvalue weighted by atomic mass is 10.2. The van der Waals surface area contributed by atoms with E-state index in [-0.39, 0.29) is 0 Å². The molecule has 0 aliphatic heterocycles. The molecule has 142 valence electrons. The van der Waals surface area contributed by atoms with Gasteiger partial charge >= 0.3 is 0 Å². The van der Waals surface area contributed by atoms with Crippen LogP contribution in [0.1, 0.15) is 5.56 Å². The number of nitrogens with zero attached hydrogens (tertiary/aromatic N) is 6. The van der Waals surface area contributed by atoms with Crippen molar-refractivity contribution in [3.05, 3.63) is 72.8 Å². The number of hydrogen-bond donors (Lipinski definition) is 1. The van der Waals surface area contributed by atoms with Gasteiger partial charge in [0.25, 0.3) is 0 Å². The van der Waals surface area contributed by atoms with Crippen molar-refractivity contribution >= 4 is 27.8 Å². The maximum Gasteiger partial charge on any atom is 0.188 e. The van der Waals surface area contributed by atoms with Crippen LogP contribution in [0.2, 0.25) is 0 Å². The van der Waals surface area contributed by atoms with Gasteiger partial charge in [-0.3, -0.25) is 0 Å². The Morgan fingerprint density at radius 1 is 1.07 bits per heavy atom. The Hall–Kier alpha value is -4.07. The molecule has 0 aliphatic rings. The summed E-state index contributed by atoms with van der Waals surface area (Å²) in [7, 11) is 1.63. The second-order valence-electron chi connectivity index (χ2n) is 6.45. The number of azo groups is 1. The number of nitrogens with one attached hydrogen (secondary N) is 1. The van der Waals surface area contributed by atoms with Crippen LogP contribution in [0.25, 0.3) is 27.6 Å². The number of ether oxygens (including phenoxy) is 1. The number of rotatable bonds is 5. The van der Waals surface area contributed by atoms with Gasteiger partial charge in [-0.05, 0) is 18.2 Å². The molecular formula is C21H17N7O. The molecule has 0 aliphatic carbocycles. The summed E-state index contributed by atoms with van der Waals surface area (Å²) in [5.74, 6) is 1.24. The largest absolute Gasteiger partial charge is 0.497 e. The molecule has 0 saturated carbocycles. The van der Waals surface area contributed by atoms with Crippen molar-refractivity contribution in [1.82, 2.24) is 24.7 Å². The van der Waals surface area contributed by atoms with Crippen LogP contribution in [0.5, 0.6) is 5.75 Å². The quantitative estimate of drug-likeness (QED) is 0.449. The van der Waals surface area contributed by atoms with Crippen LogP contribution in [0.15, 0.2) is 77.5 Å². The van der Waals surface area contributed by atoms with E-state index in [2.05, 4.69) is 36.3 Å². The van der Waals surface area contributed by atoms with Gasteiger partial charge < -0.3 is 9.72 Å². The number of aromatic nitrogens is 5. The summed E-state index contributed by atoms with van der Waals surface area (Å²) in [5.41, 5.74) is 3.68. The fourth-order valence-corrected chi connectivity index (χ4v) is 3.28. The molecule has 5 rings (SSSR count). The van der Waals surface area contributed by atoms with E-state index in [1.54, 1.807) is 18.0 Å². The summed E-state index contributed by atoms with van der Waals surface area (Å²) in [4.78, 5) is 11.9. The van der Waals surface area contributed by atoms with E-state index in [9.17, 15) is 0 Å². The zero-order valence-corrected chi connectivity index (χ0v) is 15.6. The molecule has 0 amide bonds. The van der Waals surface area contributed by atoms with Crippen molar-refractivity contribution in [2.75, 3.05) is 7.11 Å². The summed E-state index contributed by atoms with van der Waals surface area (Å²) in [6.07, 6.45) is 5.13. The number of methoxy groups -OCH3 is 1. The molecular weight excluding hydrogens is 366 g/mol. The Labute approximate surface area is 165 Å². The molecule has 3 heterocycles. The third-order valence-electron chi connectivity index (χ3n) is 4.72. The highest BCUT2D eigenvalue weighted by atomic mass is 16.5. The minimum absolute atomic E-state index is 0.458. The summed E-state index contributed by atoms with van der Waals surface area (Å²) < 4.78 is 7.03. The van der Waals surface area contributed by atoms with Gasteiger partial charge in [0.1, 0.15) is 12.1 Å². The van der Waals surface area contributed by atoms with Crippen molar-refractivity contribution in [1.29, 1.82) is 0 Å². The number of benzene rings is 2. The van der Waals surface area contributed by atoms with Crippen LogP contribution >= 0.6 is 0 Å². The Bertz CT molecular complexity index is 1340. The fraction of sp³-hybridized carbons (Fsp3) is 0.0952. The van der Waals surface area contributed by atoms with Gasteiger partial charge in [0, 0.05) is 28.7 Å². The lowest BCUT2D eigenvalue weighted by molar-refractivity contribution is 0.414. The van der Waals surface area contributed by atoms with E-state index in [0.29, 0.717) is 18.0 Å². The van der Waals surface area contributed by atoms with Crippen molar-refractivity contribution in [3.63, 3.8) is 0 Å². The predicted octanol–water partition coefficient (Wildman–Crippen LogP) is 4.59. The molecule has 8 nitrogen and oxygen atoms in total. The average Bonchev–Trinajstić information content (AvgIpc) is 3.39. The predicted molar refractivity (Wildman–Crippen MR) is 110 cm³/mol. The van der Waals surface area contributed by atoms with Gasteiger partial charge in [0.2, 0.25) is 0 Å². The van der Waals surface area contributed by atoms with E-state index in [1.807, 2.05) is 48.7 Å². The molecule has 0 saturated heterocycles. The summed E-state index contributed by atoms with van der Waals surface area (Å²) in [5, 5.41) is 15.0. The molecule has 1 N–H and O–H groups in total. The summed E-state index contributed by atoms with van der Waals surface area (Å²) >= 11 is 0. The Morgan fingerprint density at radius 2 is 2.00 bits per heavy atom. The summed E-state index contributed by atoms with van der Waals surface area (Å²) in [6.45, 7) is 0.458. The summed E-state index contributed by atoms with van der Waals surface area (Å²) in [6, 6.07) is 15.7. The van der Waals surface area contributed by atoms with Crippen LogP contribution in [0.4, 0.5) is 5.82 Å². The van der Waals surface area contributed by atoms with Crippen molar-refractivity contribution < 1.29 is 4.74 Å². The first-order valence-electron chi connectivity index (χ1n) is 9.09. The lowest BCUT2D eigenvalue weighted by Gasteiger charge is -2.05. The molecule has 0 atom stereocenters. The van der Waals surface area contributed by atoms with Gasteiger partial charge in [-0.1, -0.05) is 24.3 Å². The van der Waals surface area contributed by atoms with E-state index in [4.69, 9.17) is 4.74 Å². The molecule has 0 unspecified atom stereocenters. The Morgan fingerprint density at radius 3 is 2.93 bits per heavy atom. The van der Waals surface area contributed by atoms with Crippen molar-refractivity contribution in [3.8, 4) is 11.4 Å². The Balaban J connectivity index is 1.46. The van der Waals surface area contributed by atoms with E-state index in [1.165, 1.54) is 6.33 Å². The molecule has 29 heavy (non-hydrogen) atoms. The van der Waals surface area contributed by atoms with E-state index < -0.39 is 0 Å². The van der Waals surface area contributed by atoms with Gasteiger partial charge in [-0.2, -0.15) is 10.2 Å². The zero-order valence-electron chi connectivity index (χ0n) is 15.6. The minimum Gasteiger partial charge on any atom is -0.497 e. The molecule has 3 aromatic heterocycles. The van der Waals surface area contributed by atoms with Crippen molar-refractivity contribution in [2.24, 2.45) is 10.2 Å². The van der Waals surface area contributed by atoms with Crippen LogP contribution in [0, 0.1) is 0 Å². The first-order chi connectivity index (χ1) is 14.3. The maximum absolute atomic E-state index is 5.30. The number of hydrogen-bond acceptors (Lipinski definition) is 6. The third-order valence-corrected chi connectivity index (χ3v) is 4.72. The average molecular weight is 383 g/mol. The second kappa shape index (κ2) is 7.16. The molecule has 2 aromatic carbocycles. The highest BCUT2D eigenvalue weighted by Gasteiger charge is 2.11. The molecule has 8 heteroatoms. The van der Waals surface area contributed by atoms with Crippen LogP contribution in [-0.2, 0) is 6.54 Å². The highest BCUT2D eigenvalue weighted by Crippen LogP contribution is 2.26. The standard InChI is InChI=1S/C21H17N7O/c1-29-16-6-4-5-15(9-16)28-21-18(12-26-28)20(23-13-24-21)27-25-11-14-10-22-19-8-3-2-7-17(14)19/h2-10,12-13,22H,11H2,1H3. The van der Waals surface area contributed by atoms with Gasteiger partial charge in [-0.15, -0.1) is 5.11 Å². The minimum atomic E-state index is 0.458. The molecule has 0 bridgehead atoms. The zero-order chi connectivity index (χ0) is 19.6. The third kappa shape index (κ3) is 3.10. The second-order valence-corrected chi connectivity index (χ2v) is 6.45. The van der Waals surface area contributed by atoms with Crippen molar-refractivity contribution in [2.45, 2.75) is 6.54 Å². The first-order valence-corrected chi connectivity index (χ1v) is 9.09. The number of fused-ring (bicyclic) bond motifs is 2. The normalized spacial score (nSPS) is 11.6. The smallest absolute Gasteiger partial charge is 0.188 e. The van der Waals surface area contributed by atoms with E-state index >= 15 is 0 Å². The molecule has 0 radical (unpaired) electrons. The van der Waals surface area contributed by atoms with Gasteiger partial charge in [0.15, 0.2) is 11.5 Å². The van der Waals surface area contributed by atoms with Crippen LogP contribution in [-0.4, -0.2) is 31.8 Å².